The molecule has 164 valence electrons. The third-order valence-electron chi connectivity index (χ3n) is 2.59. The van der Waals surface area contributed by atoms with E-state index >= 15 is 0 Å². The number of benzene rings is 1. The lowest BCUT2D eigenvalue weighted by atomic mass is 10.3. The molecular weight excluding hydrogens is 496 g/mol. The van der Waals surface area contributed by atoms with E-state index < -0.39 is 24.0 Å². The minimum absolute atomic E-state index is 0. The van der Waals surface area contributed by atoms with Gasteiger partial charge in [0.05, 0.1) is 0 Å². The van der Waals surface area contributed by atoms with Gasteiger partial charge in [-0.25, -0.2) is 4.79 Å². The second kappa shape index (κ2) is 18.4. The van der Waals surface area contributed by atoms with Gasteiger partial charge in [-0.15, -0.1) is 49.6 Å². The predicted octanol–water partition coefficient (Wildman–Crippen LogP) is 2.36. The maximum Gasteiger partial charge on any atom is 0.329 e. The van der Waals surface area contributed by atoms with Gasteiger partial charge in [0, 0.05) is 24.1 Å². The monoisotopic (exact) mass is 517 g/mol. The molecule has 28 heavy (non-hydrogen) atoms. The van der Waals surface area contributed by atoms with Crippen molar-refractivity contribution < 1.29 is 24.2 Å². The second-order valence-electron chi connectivity index (χ2n) is 4.75. The van der Waals surface area contributed by atoms with Gasteiger partial charge in [-0.1, -0.05) is 21.6 Å². The maximum atomic E-state index is 11.9. The average molecular weight is 519 g/mol. The molecule has 8 nitrogen and oxygen atoms in total. The van der Waals surface area contributed by atoms with Crippen molar-refractivity contribution in [2.75, 3.05) is 16.8 Å². The van der Waals surface area contributed by atoms with E-state index in [-0.39, 0.29) is 67.0 Å². The molecule has 1 aromatic rings. The van der Waals surface area contributed by atoms with Crippen LogP contribution in [0.5, 0.6) is 5.75 Å². The fourth-order valence-corrected chi connectivity index (χ4v) is 3.60. The van der Waals surface area contributed by atoms with Crippen LogP contribution in [0.3, 0.4) is 0 Å². The van der Waals surface area contributed by atoms with E-state index in [1.54, 1.807) is 24.3 Å². The van der Waals surface area contributed by atoms with Crippen molar-refractivity contribution in [2.24, 2.45) is 11.5 Å². The molecule has 0 saturated carbocycles. The molecule has 0 saturated heterocycles. The Bertz CT molecular complexity index is 599. The highest BCUT2D eigenvalue weighted by atomic mass is 35.5. The van der Waals surface area contributed by atoms with Crippen molar-refractivity contribution in [2.45, 2.75) is 19.0 Å². The van der Waals surface area contributed by atoms with Crippen molar-refractivity contribution in [3.63, 3.8) is 0 Å². The highest BCUT2D eigenvalue weighted by molar-refractivity contribution is 8.76. The summed E-state index contributed by atoms with van der Waals surface area (Å²) in [6, 6.07) is 4.50. The average Bonchev–Trinajstić information content (AvgIpc) is 2.52. The molecule has 0 fully saturated rings. The van der Waals surface area contributed by atoms with Gasteiger partial charge in [0.15, 0.2) is 0 Å². The number of hydrogen-bond donors (Lipinski definition) is 4. The van der Waals surface area contributed by atoms with Crippen LogP contribution in [0.25, 0.3) is 0 Å². The zero-order chi connectivity index (χ0) is 18.1. The number of nitrogens with one attached hydrogen (secondary N) is 1. The molecular formula is C14H23Cl4N3O5S2. The van der Waals surface area contributed by atoms with Crippen LogP contribution >= 0.6 is 71.2 Å². The number of anilines is 1. The van der Waals surface area contributed by atoms with Crippen LogP contribution in [-0.4, -0.2) is 46.5 Å². The van der Waals surface area contributed by atoms with Crippen LogP contribution in [0.15, 0.2) is 24.3 Å². The highest BCUT2D eigenvalue weighted by Gasteiger charge is 2.17. The van der Waals surface area contributed by atoms with Gasteiger partial charge in [0.1, 0.15) is 17.8 Å². The number of ether oxygens (including phenoxy) is 1. The Hall–Kier alpha value is -0.590. The van der Waals surface area contributed by atoms with Crippen LogP contribution in [0, 0.1) is 0 Å². The summed E-state index contributed by atoms with van der Waals surface area (Å²) in [5.74, 6) is -1.08. The normalized spacial score (nSPS) is 11.1. The first-order valence-corrected chi connectivity index (χ1v) is 9.36. The van der Waals surface area contributed by atoms with Crippen molar-refractivity contribution in [1.29, 1.82) is 0 Å². The molecule has 14 heteroatoms. The Morgan fingerprint density at radius 2 is 1.46 bits per heavy atom. The SMILES string of the molecule is CC(=O)Nc1ccc(OC(=O)C(N)CSSCC(N)C(=O)O)cc1.Cl.Cl.Cl.Cl. The first-order chi connectivity index (χ1) is 11.3. The van der Waals surface area contributed by atoms with Crippen LogP contribution in [-0.2, 0) is 14.4 Å². The molecule has 0 aliphatic carbocycles. The van der Waals surface area contributed by atoms with E-state index in [9.17, 15) is 14.4 Å². The number of carbonyl (C=O) groups excluding carboxylic acids is 2. The van der Waals surface area contributed by atoms with E-state index in [2.05, 4.69) is 5.32 Å². The van der Waals surface area contributed by atoms with Crippen LogP contribution in [0.1, 0.15) is 6.92 Å². The summed E-state index contributed by atoms with van der Waals surface area (Å²) in [4.78, 5) is 33.3. The minimum atomic E-state index is -1.07. The summed E-state index contributed by atoms with van der Waals surface area (Å²) in [6.45, 7) is 1.39. The number of carboxylic acid groups (broad SMARTS) is 1. The summed E-state index contributed by atoms with van der Waals surface area (Å²) in [6.07, 6.45) is 0. The summed E-state index contributed by atoms with van der Waals surface area (Å²) in [5.41, 5.74) is 11.7. The van der Waals surface area contributed by atoms with Crippen LogP contribution in [0.2, 0.25) is 0 Å². The van der Waals surface area contributed by atoms with E-state index in [1.165, 1.54) is 28.5 Å². The van der Waals surface area contributed by atoms with Gasteiger partial charge >= 0.3 is 11.9 Å². The van der Waals surface area contributed by atoms with Crippen LogP contribution in [0.4, 0.5) is 5.69 Å². The molecule has 0 bridgehead atoms. The summed E-state index contributed by atoms with van der Waals surface area (Å²) in [5, 5.41) is 11.2. The van der Waals surface area contributed by atoms with E-state index in [0.29, 0.717) is 11.4 Å². The first-order valence-electron chi connectivity index (χ1n) is 6.87. The van der Waals surface area contributed by atoms with E-state index in [4.69, 9.17) is 21.3 Å². The minimum Gasteiger partial charge on any atom is -0.480 e. The molecule has 6 N–H and O–H groups in total. The zero-order valence-corrected chi connectivity index (χ0v) is 19.5. The van der Waals surface area contributed by atoms with Gasteiger partial charge < -0.3 is 26.6 Å². The van der Waals surface area contributed by atoms with Crippen molar-refractivity contribution >= 4 is 94.7 Å². The predicted molar refractivity (Wildman–Crippen MR) is 124 cm³/mol. The summed E-state index contributed by atoms with van der Waals surface area (Å²) >= 11 is 0. The van der Waals surface area contributed by atoms with Crippen molar-refractivity contribution in [1.82, 2.24) is 0 Å². The fraction of sp³-hybridized carbons (Fsp3) is 0.357. The standard InChI is InChI=1S/C14H19N3O5S2.4ClH/c1-8(18)17-9-2-4-10(5-3-9)22-14(21)12(16)7-24-23-6-11(15)13(19)20;;;;/h2-5,11-12H,6-7,15-16H2,1H3,(H,17,18)(H,19,20);4*1H. The molecule has 1 aromatic carbocycles. The molecule has 0 spiro atoms. The lowest BCUT2D eigenvalue weighted by molar-refractivity contribution is -0.138. The third-order valence-corrected chi connectivity index (χ3v) is 5.07. The van der Waals surface area contributed by atoms with E-state index in [1.807, 2.05) is 0 Å². The number of aliphatic carboxylic acids is 1. The number of nitrogens with two attached hydrogens (primary N) is 2. The van der Waals surface area contributed by atoms with E-state index in [0.717, 1.165) is 0 Å². The number of carbonyl (C=O) groups is 3. The van der Waals surface area contributed by atoms with Crippen LogP contribution < -0.4 is 21.5 Å². The second-order valence-corrected chi connectivity index (χ2v) is 7.30. The molecule has 1 rings (SSSR count). The number of esters is 1. The summed E-state index contributed by atoms with van der Waals surface area (Å²) in [7, 11) is 2.49. The van der Waals surface area contributed by atoms with Crippen molar-refractivity contribution in [3.05, 3.63) is 24.3 Å². The molecule has 2 atom stereocenters. The van der Waals surface area contributed by atoms with Gasteiger partial charge in [0.2, 0.25) is 5.91 Å². The Morgan fingerprint density at radius 1 is 1.00 bits per heavy atom. The molecule has 2 unspecified atom stereocenters. The number of carboxylic acids is 1. The third kappa shape index (κ3) is 14.4. The first kappa shape index (κ1) is 34.9. The van der Waals surface area contributed by atoms with Gasteiger partial charge in [-0.05, 0) is 24.3 Å². The largest absolute Gasteiger partial charge is 0.480 e. The summed E-state index contributed by atoms with van der Waals surface area (Å²) < 4.78 is 5.13. The quantitative estimate of drug-likeness (QED) is 0.167. The molecule has 1 amide bonds. The van der Waals surface area contributed by atoms with Gasteiger partial charge in [-0.3, -0.25) is 9.59 Å². The molecule has 0 aromatic heterocycles. The lowest BCUT2D eigenvalue weighted by Gasteiger charge is -2.11. The molecule has 0 radical (unpaired) electrons. The Kier molecular flexibility index (Phi) is 23.0. The Morgan fingerprint density at radius 3 is 1.89 bits per heavy atom. The number of hydrogen-bond acceptors (Lipinski definition) is 8. The smallest absolute Gasteiger partial charge is 0.329 e. The number of halogens is 4. The fourth-order valence-electron chi connectivity index (χ4n) is 1.38. The Balaban J connectivity index is -0.000000720. The maximum absolute atomic E-state index is 11.9. The lowest BCUT2D eigenvalue weighted by Crippen LogP contribution is -2.36. The molecule has 0 aliphatic rings. The van der Waals surface area contributed by atoms with Gasteiger partial charge in [0.25, 0.3) is 0 Å². The van der Waals surface area contributed by atoms with Crippen molar-refractivity contribution in [3.8, 4) is 5.75 Å². The Labute approximate surface area is 195 Å². The number of amides is 1. The molecule has 0 heterocycles. The number of rotatable bonds is 9. The topological polar surface area (TPSA) is 145 Å². The molecule has 0 aliphatic heterocycles. The van der Waals surface area contributed by atoms with Gasteiger partial charge in [-0.2, -0.15) is 0 Å². The highest BCUT2D eigenvalue weighted by Crippen LogP contribution is 2.23. The zero-order valence-electron chi connectivity index (χ0n) is 14.6.